The molecule has 1 rings (SSSR count). The number of rotatable bonds is 1. The molecule has 0 heterocycles. The van der Waals surface area contributed by atoms with Crippen LogP contribution >= 0.6 is 15.9 Å². The Bertz CT molecular complexity index is 388. The molecule has 3 heteroatoms. The summed E-state index contributed by atoms with van der Waals surface area (Å²) in [6.45, 7) is 6.68. The second kappa shape index (κ2) is 4.45. The minimum atomic E-state index is 0.0994. The Morgan fingerprint density at radius 3 is 2.54 bits per heavy atom. The van der Waals surface area contributed by atoms with Crippen molar-refractivity contribution in [1.29, 1.82) is 5.26 Å². The van der Waals surface area contributed by atoms with Crippen LogP contribution in [0.15, 0.2) is 34.4 Å². The van der Waals surface area contributed by atoms with Gasteiger partial charge < -0.3 is 0 Å². The summed E-state index contributed by atoms with van der Waals surface area (Å²) in [6, 6.07) is 9.22. The minimum absolute atomic E-state index is 0.0994. The summed E-state index contributed by atoms with van der Waals surface area (Å²) in [4.78, 5) is 3.06. The summed E-state index contributed by atoms with van der Waals surface area (Å²) < 4.78 is 0.978. The van der Waals surface area contributed by atoms with Gasteiger partial charge in [0.25, 0.3) is 5.70 Å². The Morgan fingerprint density at radius 2 is 2.08 bits per heavy atom. The lowest BCUT2D eigenvalue weighted by Gasteiger charge is -1.92. The fourth-order valence-electron chi connectivity index (χ4n) is 0.806. The molecule has 0 fully saturated rings. The van der Waals surface area contributed by atoms with Crippen molar-refractivity contribution in [3.8, 4) is 6.07 Å². The molecule has 0 saturated heterocycles. The molecule has 0 spiro atoms. The minimum Gasteiger partial charge on any atom is -0.227 e. The van der Waals surface area contributed by atoms with Gasteiger partial charge in [-0.2, -0.15) is 0 Å². The van der Waals surface area contributed by atoms with Crippen LogP contribution in [0.25, 0.3) is 10.9 Å². The second-order valence-electron chi connectivity index (χ2n) is 2.30. The molecular weight excluding hydrogens is 228 g/mol. The summed E-state index contributed by atoms with van der Waals surface area (Å²) >= 11 is 3.30. The Hall–Kier alpha value is -1.58. The number of hydrogen-bond acceptors (Lipinski definition) is 1. The van der Waals surface area contributed by atoms with Crippen molar-refractivity contribution in [3.05, 3.63) is 51.4 Å². The van der Waals surface area contributed by atoms with Gasteiger partial charge in [-0.3, -0.25) is 0 Å². The van der Waals surface area contributed by atoms with Crippen molar-refractivity contribution < 1.29 is 0 Å². The van der Waals surface area contributed by atoms with Crippen molar-refractivity contribution in [2.75, 3.05) is 0 Å². The molecule has 0 aliphatic rings. The molecule has 0 aliphatic carbocycles. The number of benzene rings is 1. The van der Waals surface area contributed by atoms with E-state index in [4.69, 9.17) is 11.8 Å². The predicted molar refractivity (Wildman–Crippen MR) is 54.3 cm³/mol. The third-order valence-electron chi connectivity index (χ3n) is 1.41. The van der Waals surface area contributed by atoms with Crippen LogP contribution in [-0.4, -0.2) is 0 Å². The van der Waals surface area contributed by atoms with Gasteiger partial charge in [0.1, 0.15) is 0 Å². The van der Waals surface area contributed by atoms with Gasteiger partial charge >= 0.3 is 0 Å². The molecule has 0 saturated carbocycles. The van der Waals surface area contributed by atoms with E-state index in [0.717, 1.165) is 10.0 Å². The quantitative estimate of drug-likeness (QED) is 0.540. The number of allylic oxidation sites excluding steroid dienone is 1. The molecule has 1 aromatic rings. The van der Waals surface area contributed by atoms with Crippen LogP contribution in [0.1, 0.15) is 5.56 Å². The molecule has 13 heavy (non-hydrogen) atoms. The molecule has 0 radical (unpaired) electrons. The van der Waals surface area contributed by atoms with E-state index in [-0.39, 0.29) is 5.70 Å². The first-order chi connectivity index (χ1) is 6.26. The number of nitrogens with zero attached hydrogens (tertiary/aromatic N) is 2. The number of hydrogen-bond donors (Lipinski definition) is 0. The van der Waals surface area contributed by atoms with E-state index >= 15 is 0 Å². The lowest BCUT2D eigenvalue weighted by molar-refractivity contribution is 1.50. The average molecular weight is 233 g/mol. The SMILES string of the molecule is [C-]#[N+]/C(C#N)=C\c1ccc(Br)cc1. The third-order valence-corrected chi connectivity index (χ3v) is 1.94. The Morgan fingerprint density at radius 1 is 1.46 bits per heavy atom. The maximum Gasteiger partial charge on any atom is 0.262 e. The lowest BCUT2D eigenvalue weighted by atomic mass is 10.2. The van der Waals surface area contributed by atoms with Crippen LogP contribution in [0.3, 0.4) is 0 Å². The maximum atomic E-state index is 8.50. The van der Waals surface area contributed by atoms with E-state index in [1.165, 1.54) is 0 Å². The first kappa shape index (κ1) is 9.51. The average Bonchev–Trinajstić information content (AvgIpc) is 2.17. The van der Waals surface area contributed by atoms with Gasteiger partial charge in [0.15, 0.2) is 0 Å². The Labute approximate surface area is 85.1 Å². The van der Waals surface area contributed by atoms with Gasteiger partial charge in [-0.25, -0.2) is 10.1 Å². The zero-order valence-corrected chi connectivity index (χ0v) is 8.25. The molecule has 0 N–H and O–H groups in total. The fraction of sp³-hybridized carbons (Fsp3) is 0. The maximum absolute atomic E-state index is 8.50. The molecular formula is C10H5BrN2. The molecule has 0 aromatic heterocycles. The van der Waals surface area contributed by atoms with Crippen LogP contribution in [0.2, 0.25) is 0 Å². The van der Waals surface area contributed by atoms with Gasteiger partial charge in [-0.05, 0) is 23.8 Å². The van der Waals surface area contributed by atoms with E-state index in [1.54, 1.807) is 6.08 Å². The predicted octanol–water partition coefficient (Wildman–Crippen LogP) is 3.23. The van der Waals surface area contributed by atoms with Crippen molar-refractivity contribution in [2.45, 2.75) is 0 Å². The van der Waals surface area contributed by atoms with E-state index in [1.807, 2.05) is 30.3 Å². The van der Waals surface area contributed by atoms with E-state index in [9.17, 15) is 0 Å². The molecule has 2 nitrogen and oxygen atoms in total. The standard InChI is InChI=1S/C10H5BrN2/c1-13-10(7-12)6-8-2-4-9(11)5-3-8/h2-6H/b10-6-. The molecule has 0 unspecified atom stereocenters. The van der Waals surface area contributed by atoms with Crippen LogP contribution in [0, 0.1) is 17.9 Å². The first-order valence-corrected chi connectivity index (χ1v) is 4.30. The Balaban J connectivity index is 3.00. The highest BCUT2D eigenvalue weighted by Gasteiger charge is 1.93. The highest BCUT2D eigenvalue weighted by atomic mass is 79.9. The van der Waals surface area contributed by atoms with E-state index < -0.39 is 0 Å². The summed E-state index contributed by atoms with van der Waals surface area (Å²) in [5, 5.41) is 8.50. The third kappa shape index (κ3) is 2.74. The van der Waals surface area contributed by atoms with Crippen molar-refractivity contribution >= 4 is 22.0 Å². The zero-order valence-electron chi connectivity index (χ0n) is 6.66. The fourth-order valence-corrected chi connectivity index (χ4v) is 1.07. The molecule has 1 aromatic carbocycles. The monoisotopic (exact) mass is 232 g/mol. The van der Waals surface area contributed by atoms with Crippen molar-refractivity contribution in [1.82, 2.24) is 0 Å². The van der Waals surface area contributed by atoms with E-state index in [0.29, 0.717) is 0 Å². The highest BCUT2D eigenvalue weighted by Crippen LogP contribution is 2.13. The normalized spacial score (nSPS) is 10.2. The molecule has 0 bridgehead atoms. The van der Waals surface area contributed by atoms with Gasteiger partial charge in [-0.1, -0.05) is 28.1 Å². The summed E-state index contributed by atoms with van der Waals surface area (Å²) in [6.07, 6.45) is 1.56. The van der Waals surface area contributed by atoms with E-state index in [2.05, 4.69) is 20.8 Å². The van der Waals surface area contributed by atoms with Crippen molar-refractivity contribution in [2.24, 2.45) is 0 Å². The molecule has 0 atom stereocenters. The highest BCUT2D eigenvalue weighted by molar-refractivity contribution is 9.10. The second-order valence-corrected chi connectivity index (χ2v) is 3.22. The van der Waals surface area contributed by atoms with Gasteiger partial charge in [0.2, 0.25) is 0 Å². The number of nitriles is 1. The van der Waals surface area contributed by atoms with Crippen LogP contribution in [0.4, 0.5) is 0 Å². The van der Waals surface area contributed by atoms with Crippen molar-refractivity contribution in [3.63, 3.8) is 0 Å². The Kier molecular flexibility index (Phi) is 3.25. The largest absolute Gasteiger partial charge is 0.262 e. The summed E-state index contributed by atoms with van der Waals surface area (Å²) in [5.41, 5.74) is 0.957. The summed E-state index contributed by atoms with van der Waals surface area (Å²) in [5.74, 6) is 0. The van der Waals surface area contributed by atoms with Gasteiger partial charge in [0, 0.05) is 4.47 Å². The zero-order chi connectivity index (χ0) is 9.68. The van der Waals surface area contributed by atoms with Crippen LogP contribution < -0.4 is 0 Å². The van der Waals surface area contributed by atoms with Gasteiger partial charge in [0.05, 0.1) is 12.6 Å². The topological polar surface area (TPSA) is 28.1 Å². The van der Waals surface area contributed by atoms with Crippen LogP contribution in [-0.2, 0) is 0 Å². The first-order valence-electron chi connectivity index (χ1n) is 3.51. The molecule has 0 amide bonds. The lowest BCUT2D eigenvalue weighted by Crippen LogP contribution is -1.73. The molecule has 0 aliphatic heterocycles. The van der Waals surface area contributed by atoms with Gasteiger partial charge in [-0.15, -0.1) is 0 Å². The summed E-state index contributed by atoms with van der Waals surface area (Å²) in [7, 11) is 0. The smallest absolute Gasteiger partial charge is 0.227 e. The number of halogens is 1. The van der Waals surface area contributed by atoms with Crippen LogP contribution in [0.5, 0.6) is 0 Å². The molecule has 62 valence electrons.